The molecule has 2 aromatic rings. The van der Waals surface area contributed by atoms with Crippen LogP contribution in [0.3, 0.4) is 0 Å². The second-order valence-corrected chi connectivity index (χ2v) is 9.83. The van der Waals surface area contributed by atoms with Gasteiger partial charge in [-0.15, -0.1) is 0 Å². The van der Waals surface area contributed by atoms with Crippen LogP contribution < -0.4 is 10.0 Å². The third-order valence-electron chi connectivity index (χ3n) is 5.64. The quantitative estimate of drug-likeness (QED) is 0.687. The number of amides is 2. The number of nitrogens with one attached hydrogen (secondary N) is 2. The maximum atomic E-state index is 13.4. The number of hydrogen-bond acceptors (Lipinski definition) is 4. The second-order valence-electron chi connectivity index (χ2n) is 8.15. The summed E-state index contributed by atoms with van der Waals surface area (Å²) in [7, 11) is -4.10. The van der Waals surface area contributed by atoms with Gasteiger partial charge in [-0.1, -0.05) is 0 Å². The molecule has 1 unspecified atom stereocenters. The first-order valence-corrected chi connectivity index (χ1v) is 11.9. The molecule has 2 aliphatic rings. The fraction of sp³-hybridized carbons (Fsp3) is 0.364. The van der Waals surface area contributed by atoms with Gasteiger partial charge in [-0.05, 0) is 68.1 Å². The van der Waals surface area contributed by atoms with Crippen LogP contribution >= 0.6 is 0 Å². The standard InChI is InChI=1S/C22H23F2N3O4S/c23-19-10-9-18(12-20(19)24)32(30,31)26-17-7-5-16(6-8-17)25-21(28)15-2-1-11-27(13-15)22(29)14-3-4-14/h5-10,12,14-15,26H,1-4,11,13H2,(H,25,28). The molecule has 0 radical (unpaired) electrons. The minimum atomic E-state index is -4.10. The SMILES string of the molecule is O=C(Nc1ccc(NS(=O)(=O)c2ccc(F)c(F)c2)cc1)C1CCCN(C(=O)C2CC2)C1. The molecular formula is C22H23F2N3O4S. The molecule has 7 nitrogen and oxygen atoms in total. The summed E-state index contributed by atoms with van der Waals surface area (Å²) in [5.41, 5.74) is 0.683. The Labute approximate surface area is 184 Å². The van der Waals surface area contributed by atoms with Gasteiger partial charge in [-0.2, -0.15) is 0 Å². The first kappa shape index (κ1) is 22.2. The molecule has 32 heavy (non-hydrogen) atoms. The predicted octanol–water partition coefficient (Wildman–Crippen LogP) is 3.35. The van der Waals surface area contributed by atoms with Crippen LogP contribution in [0.4, 0.5) is 20.2 Å². The molecule has 4 rings (SSSR count). The number of benzene rings is 2. The van der Waals surface area contributed by atoms with Crippen LogP contribution in [0.1, 0.15) is 25.7 Å². The Morgan fingerprint density at radius 3 is 2.25 bits per heavy atom. The molecule has 0 aromatic heterocycles. The van der Waals surface area contributed by atoms with Gasteiger partial charge < -0.3 is 10.2 Å². The summed E-state index contributed by atoms with van der Waals surface area (Å²) in [6.07, 6.45) is 3.34. The van der Waals surface area contributed by atoms with E-state index in [0.29, 0.717) is 31.3 Å². The molecule has 1 aliphatic carbocycles. The lowest BCUT2D eigenvalue weighted by molar-refractivity contribution is -0.135. The van der Waals surface area contributed by atoms with E-state index in [0.717, 1.165) is 31.4 Å². The van der Waals surface area contributed by atoms with Gasteiger partial charge in [0.2, 0.25) is 11.8 Å². The fourth-order valence-corrected chi connectivity index (χ4v) is 4.77. The molecule has 1 heterocycles. The lowest BCUT2D eigenvalue weighted by atomic mass is 9.96. The average molecular weight is 464 g/mol. The van der Waals surface area contributed by atoms with Crippen LogP contribution in [0.15, 0.2) is 47.4 Å². The third kappa shape index (κ3) is 5.07. The summed E-state index contributed by atoms with van der Waals surface area (Å²) < 4.78 is 53.4. The molecule has 1 saturated heterocycles. The second kappa shape index (κ2) is 8.85. The highest BCUT2D eigenvalue weighted by Gasteiger charge is 2.36. The monoisotopic (exact) mass is 463 g/mol. The van der Waals surface area contributed by atoms with E-state index < -0.39 is 26.6 Å². The van der Waals surface area contributed by atoms with E-state index in [1.165, 1.54) is 24.3 Å². The summed E-state index contributed by atoms with van der Waals surface area (Å²) in [6.45, 7) is 1.10. The number of anilines is 2. The Morgan fingerprint density at radius 1 is 0.906 bits per heavy atom. The molecular weight excluding hydrogens is 440 g/mol. The average Bonchev–Trinajstić information content (AvgIpc) is 3.62. The number of sulfonamides is 1. The zero-order chi connectivity index (χ0) is 22.9. The van der Waals surface area contributed by atoms with E-state index in [1.807, 2.05) is 0 Å². The van der Waals surface area contributed by atoms with Crippen molar-refractivity contribution in [2.45, 2.75) is 30.6 Å². The molecule has 1 atom stereocenters. The maximum absolute atomic E-state index is 13.4. The number of hydrogen-bond donors (Lipinski definition) is 2. The van der Waals surface area contributed by atoms with E-state index in [9.17, 15) is 26.8 Å². The van der Waals surface area contributed by atoms with Crippen LogP contribution in [0, 0.1) is 23.5 Å². The molecule has 2 fully saturated rings. The van der Waals surface area contributed by atoms with Crippen molar-refractivity contribution in [2.24, 2.45) is 11.8 Å². The van der Waals surface area contributed by atoms with Gasteiger partial charge in [0, 0.05) is 30.4 Å². The molecule has 2 aromatic carbocycles. The largest absolute Gasteiger partial charge is 0.342 e. The number of halogens is 2. The number of rotatable bonds is 6. The normalized spacial score (nSPS) is 18.8. The van der Waals surface area contributed by atoms with Gasteiger partial charge in [0.15, 0.2) is 11.6 Å². The van der Waals surface area contributed by atoms with E-state index >= 15 is 0 Å². The van der Waals surface area contributed by atoms with Crippen LogP contribution in [0.5, 0.6) is 0 Å². The Hall–Kier alpha value is -3.01. The number of piperidine rings is 1. The van der Waals surface area contributed by atoms with Crippen molar-refractivity contribution in [1.82, 2.24) is 4.90 Å². The minimum absolute atomic E-state index is 0.125. The highest BCUT2D eigenvalue weighted by molar-refractivity contribution is 7.92. The Morgan fingerprint density at radius 2 is 1.59 bits per heavy atom. The Bertz CT molecular complexity index is 1130. The Kier molecular flexibility index (Phi) is 6.14. The number of carbonyl (C=O) groups excluding carboxylic acids is 2. The minimum Gasteiger partial charge on any atom is -0.342 e. The van der Waals surface area contributed by atoms with Crippen molar-refractivity contribution in [3.63, 3.8) is 0 Å². The summed E-state index contributed by atoms with van der Waals surface area (Å²) in [6, 6.07) is 8.30. The summed E-state index contributed by atoms with van der Waals surface area (Å²) in [4.78, 5) is 26.3. The molecule has 1 aliphatic heterocycles. The van der Waals surface area contributed by atoms with Crippen molar-refractivity contribution in [3.8, 4) is 0 Å². The molecule has 10 heteroatoms. The molecule has 1 saturated carbocycles. The van der Waals surface area contributed by atoms with Gasteiger partial charge in [0.25, 0.3) is 10.0 Å². The smallest absolute Gasteiger partial charge is 0.261 e. The highest BCUT2D eigenvalue weighted by Crippen LogP contribution is 2.32. The van der Waals surface area contributed by atoms with Gasteiger partial charge in [-0.3, -0.25) is 14.3 Å². The topological polar surface area (TPSA) is 95.6 Å². The van der Waals surface area contributed by atoms with Crippen molar-refractivity contribution in [3.05, 3.63) is 54.1 Å². The van der Waals surface area contributed by atoms with Crippen LogP contribution in [0.25, 0.3) is 0 Å². The first-order valence-electron chi connectivity index (χ1n) is 10.4. The van der Waals surface area contributed by atoms with Gasteiger partial charge in [0.1, 0.15) is 0 Å². The van der Waals surface area contributed by atoms with Crippen LogP contribution in [-0.4, -0.2) is 38.2 Å². The number of carbonyl (C=O) groups is 2. The number of nitrogens with zero attached hydrogens (tertiary/aromatic N) is 1. The lowest BCUT2D eigenvalue weighted by Gasteiger charge is -2.32. The maximum Gasteiger partial charge on any atom is 0.261 e. The zero-order valence-electron chi connectivity index (χ0n) is 17.2. The van der Waals surface area contributed by atoms with E-state index in [1.54, 1.807) is 4.90 Å². The van der Waals surface area contributed by atoms with Gasteiger partial charge >= 0.3 is 0 Å². The van der Waals surface area contributed by atoms with Crippen molar-refractivity contribution < 1.29 is 26.8 Å². The molecule has 0 spiro atoms. The van der Waals surface area contributed by atoms with Crippen molar-refractivity contribution in [2.75, 3.05) is 23.1 Å². The summed E-state index contributed by atoms with van der Waals surface area (Å²) in [5, 5.41) is 2.81. The summed E-state index contributed by atoms with van der Waals surface area (Å²) in [5.74, 6) is -2.61. The lowest BCUT2D eigenvalue weighted by Crippen LogP contribution is -2.44. The fourth-order valence-electron chi connectivity index (χ4n) is 3.70. The van der Waals surface area contributed by atoms with Gasteiger partial charge in [0.05, 0.1) is 10.8 Å². The van der Waals surface area contributed by atoms with Crippen molar-refractivity contribution >= 4 is 33.2 Å². The van der Waals surface area contributed by atoms with Crippen molar-refractivity contribution in [1.29, 1.82) is 0 Å². The first-order chi connectivity index (χ1) is 15.2. The van der Waals surface area contributed by atoms with E-state index in [4.69, 9.17) is 0 Å². The molecule has 2 N–H and O–H groups in total. The Balaban J connectivity index is 1.36. The highest BCUT2D eigenvalue weighted by atomic mass is 32.2. The van der Waals surface area contributed by atoms with Gasteiger partial charge in [-0.25, -0.2) is 17.2 Å². The summed E-state index contributed by atoms with van der Waals surface area (Å²) >= 11 is 0. The third-order valence-corrected chi connectivity index (χ3v) is 7.02. The zero-order valence-corrected chi connectivity index (χ0v) is 18.0. The number of likely N-dealkylation sites (tertiary alicyclic amines) is 1. The van der Waals surface area contributed by atoms with E-state index in [-0.39, 0.29) is 29.3 Å². The van der Waals surface area contributed by atoms with Crippen LogP contribution in [-0.2, 0) is 19.6 Å². The molecule has 0 bridgehead atoms. The molecule has 170 valence electrons. The predicted molar refractivity (Wildman–Crippen MR) is 114 cm³/mol. The molecule has 2 amide bonds. The van der Waals surface area contributed by atoms with E-state index in [2.05, 4.69) is 10.0 Å². The van der Waals surface area contributed by atoms with Crippen LogP contribution in [0.2, 0.25) is 0 Å².